The van der Waals surface area contributed by atoms with Crippen molar-refractivity contribution in [1.29, 1.82) is 0 Å². The smallest absolute Gasteiger partial charge is 0.260 e. The third-order valence-corrected chi connectivity index (χ3v) is 5.15. The summed E-state index contributed by atoms with van der Waals surface area (Å²) in [6, 6.07) is 8.46. The quantitative estimate of drug-likeness (QED) is 0.868. The summed E-state index contributed by atoms with van der Waals surface area (Å²) >= 11 is 0. The molecule has 1 unspecified atom stereocenters. The van der Waals surface area contributed by atoms with E-state index in [-0.39, 0.29) is 12.5 Å². The zero-order valence-corrected chi connectivity index (χ0v) is 14.1. The lowest BCUT2D eigenvalue weighted by atomic mass is 10.1. The van der Waals surface area contributed by atoms with Crippen molar-refractivity contribution in [1.82, 2.24) is 14.8 Å². The Bertz CT molecular complexity index is 761. The van der Waals surface area contributed by atoms with Gasteiger partial charge >= 0.3 is 0 Å². The van der Waals surface area contributed by atoms with Crippen molar-refractivity contribution in [2.75, 3.05) is 32.8 Å². The summed E-state index contributed by atoms with van der Waals surface area (Å²) in [6.45, 7) is 5.98. The maximum atomic E-state index is 12.5. The molecule has 1 amide bonds. The van der Waals surface area contributed by atoms with E-state index in [4.69, 9.17) is 4.74 Å². The van der Waals surface area contributed by atoms with Crippen molar-refractivity contribution in [3.05, 3.63) is 36.0 Å². The van der Waals surface area contributed by atoms with Gasteiger partial charge in [0, 0.05) is 37.3 Å². The predicted octanol–water partition coefficient (Wildman–Crippen LogP) is 2.23. The first kappa shape index (κ1) is 15.4. The second kappa shape index (κ2) is 6.40. The van der Waals surface area contributed by atoms with Crippen LogP contribution >= 0.6 is 0 Å². The van der Waals surface area contributed by atoms with Gasteiger partial charge in [-0.2, -0.15) is 0 Å². The molecule has 0 saturated carbocycles. The number of hydrogen-bond acceptors (Lipinski definition) is 4. The number of carbonyl (C=O) groups is 1. The molecular formula is C19H23N3O2. The topological polar surface area (TPSA) is 45.7 Å². The van der Waals surface area contributed by atoms with Gasteiger partial charge < -0.3 is 9.64 Å². The van der Waals surface area contributed by atoms with Crippen LogP contribution in [0, 0.1) is 6.92 Å². The van der Waals surface area contributed by atoms with Gasteiger partial charge in [-0.25, -0.2) is 0 Å². The first-order chi connectivity index (χ1) is 11.7. The van der Waals surface area contributed by atoms with Crippen LogP contribution in [0.4, 0.5) is 0 Å². The number of carbonyl (C=O) groups excluding carboxylic acids is 1. The predicted molar refractivity (Wildman–Crippen MR) is 93.2 cm³/mol. The van der Waals surface area contributed by atoms with Gasteiger partial charge in [-0.3, -0.25) is 14.7 Å². The standard InChI is InChI=1S/C19H23N3O2/c1-14-4-5-16-17(11-14)20-7-6-18(16)24-13-19(23)22-10-9-21-8-2-3-15(21)12-22/h4-7,11,15H,2-3,8-10,12-13H2,1H3. The third-order valence-electron chi connectivity index (χ3n) is 5.15. The van der Waals surface area contributed by atoms with Crippen LogP contribution < -0.4 is 4.74 Å². The van der Waals surface area contributed by atoms with Crippen molar-refractivity contribution in [3.63, 3.8) is 0 Å². The monoisotopic (exact) mass is 325 g/mol. The number of aryl methyl sites for hydroxylation is 1. The molecule has 2 fully saturated rings. The summed E-state index contributed by atoms with van der Waals surface area (Å²) in [5.41, 5.74) is 2.07. The summed E-state index contributed by atoms with van der Waals surface area (Å²) in [5, 5.41) is 0.955. The number of benzene rings is 1. The van der Waals surface area contributed by atoms with Crippen LogP contribution in [0.3, 0.4) is 0 Å². The Balaban J connectivity index is 1.42. The molecular weight excluding hydrogens is 302 g/mol. The Kier molecular flexibility index (Phi) is 4.10. The van der Waals surface area contributed by atoms with Crippen LogP contribution in [0.2, 0.25) is 0 Å². The van der Waals surface area contributed by atoms with E-state index in [0.717, 1.165) is 41.9 Å². The van der Waals surface area contributed by atoms with Crippen molar-refractivity contribution in [2.45, 2.75) is 25.8 Å². The minimum absolute atomic E-state index is 0.0821. The molecule has 5 heteroatoms. The average molecular weight is 325 g/mol. The average Bonchev–Trinajstić information content (AvgIpc) is 3.06. The molecule has 0 radical (unpaired) electrons. The lowest BCUT2D eigenvalue weighted by Gasteiger charge is -2.37. The van der Waals surface area contributed by atoms with Crippen molar-refractivity contribution >= 4 is 16.8 Å². The molecule has 0 bridgehead atoms. The molecule has 2 aromatic rings. The SMILES string of the molecule is Cc1ccc2c(OCC(=O)N3CCN4CCCC4C3)ccnc2c1. The molecule has 2 saturated heterocycles. The van der Waals surface area contributed by atoms with Gasteiger partial charge in [-0.1, -0.05) is 6.07 Å². The van der Waals surface area contributed by atoms with Crippen LogP contribution in [0.5, 0.6) is 5.75 Å². The molecule has 4 rings (SSSR count). The number of aromatic nitrogens is 1. The largest absolute Gasteiger partial charge is 0.483 e. The molecule has 1 aromatic heterocycles. The number of hydrogen-bond donors (Lipinski definition) is 0. The van der Waals surface area contributed by atoms with Gasteiger partial charge in [0.15, 0.2) is 6.61 Å². The Labute approximate surface area is 142 Å². The van der Waals surface area contributed by atoms with E-state index in [2.05, 4.69) is 9.88 Å². The van der Waals surface area contributed by atoms with E-state index >= 15 is 0 Å². The Morgan fingerprint density at radius 2 is 2.21 bits per heavy atom. The van der Waals surface area contributed by atoms with E-state index in [9.17, 15) is 4.79 Å². The minimum atomic E-state index is 0.0821. The van der Waals surface area contributed by atoms with Gasteiger partial charge in [0.2, 0.25) is 0 Å². The fourth-order valence-electron chi connectivity index (χ4n) is 3.81. The lowest BCUT2D eigenvalue weighted by molar-refractivity contribution is -0.135. The maximum Gasteiger partial charge on any atom is 0.260 e. The second-order valence-corrected chi connectivity index (χ2v) is 6.79. The summed E-state index contributed by atoms with van der Waals surface area (Å²) in [7, 11) is 0. The molecule has 2 aliphatic heterocycles. The van der Waals surface area contributed by atoms with Crippen molar-refractivity contribution in [3.8, 4) is 5.75 Å². The van der Waals surface area contributed by atoms with Gasteiger partial charge in [0.25, 0.3) is 5.91 Å². The van der Waals surface area contributed by atoms with Crippen LogP contribution in [-0.4, -0.2) is 59.5 Å². The molecule has 0 spiro atoms. The van der Waals surface area contributed by atoms with Gasteiger partial charge in [0.1, 0.15) is 5.75 Å². The Morgan fingerprint density at radius 3 is 3.12 bits per heavy atom. The summed E-state index contributed by atoms with van der Waals surface area (Å²) in [5.74, 6) is 0.812. The number of piperazine rings is 1. The van der Waals surface area contributed by atoms with Crippen LogP contribution in [0.15, 0.2) is 30.5 Å². The molecule has 3 heterocycles. The maximum absolute atomic E-state index is 12.5. The van der Waals surface area contributed by atoms with E-state index in [1.54, 1.807) is 6.20 Å². The molecule has 0 N–H and O–H groups in total. The van der Waals surface area contributed by atoms with E-state index in [0.29, 0.717) is 6.04 Å². The number of amides is 1. The molecule has 0 aliphatic carbocycles. The highest BCUT2D eigenvalue weighted by Gasteiger charge is 2.32. The fourth-order valence-corrected chi connectivity index (χ4v) is 3.81. The number of nitrogens with zero attached hydrogens (tertiary/aromatic N) is 3. The molecule has 2 aliphatic rings. The minimum Gasteiger partial charge on any atom is -0.483 e. The highest BCUT2D eigenvalue weighted by Crippen LogP contribution is 2.25. The highest BCUT2D eigenvalue weighted by atomic mass is 16.5. The molecule has 1 aromatic carbocycles. The van der Waals surface area contributed by atoms with Crippen molar-refractivity contribution in [2.24, 2.45) is 0 Å². The van der Waals surface area contributed by atoms with E-state index in [1.807, 2.05) is 36.1 Å². The number of fused-ring (bicyclic) bond motifs is 2. The first-order valence-corrected chi connectivity index (χ1v) is 8.71. The molecule has 1 atom stereocenters. The fraction of sp³-hybridized carbons (Fsp3) is 0.474. The highest BCUT2D eigenvalue weighted by molar-refractivity contribution is 5.86. The Morgan fingerprint density at radius 1 is 1.29 bits per heavy atom. The summed E-state index contributed by atoms with van der Waals surface area (Å²) in [4.78, 5) is 21.4. The zero-order chi connectivity index (χ0) is 16.5. The van der Waals surface area contributed by atoms with Gasteiger partial charge in [-0.15, -0.1) is 0 Å². The van der Waals surface area contributed by atoms with Crippen LogP contribution in [-0.2, 0) is 4.79 Å². The molecule has 24 heavy (non-hydrogen) atoms. The number of rotatable bonds is 3. The number of ether oxygens (including phenoxy) is 1. The van der Waals surface area contributed by atoms with Crippen LogP contribution in [0.25, 0.3) is 10.9 Å². The number of pyridine rings is 1. The zero-order valence-electron chi connectivity index (χ0n) is 14.1. The summed E-state index contributed by atoms with van der Waals surface area (Å²) in [6.07, 6.45) is 4.20. The molecule has 126 valence electrons. The normalized spacial score (nSPS) is 21.0. The third kappa shape index (κ3) is 2.96. The van der Waals surface area contributed by atoms with Crippen molar-refractivity contribution < 1.29 is 9.53 Å². The second-order valence-electron chi connectivity index (χ2n) is 6.79. The summed E-state index contributed by atoms with van der Waals surface area (Å²) < 4.78 is 5.84. The van der Waals surface area contributed by atoms with E-state index in [1.165, 1.54) is 19.4 Å². The first-order valence-electron chi connectivity index (χ1n) is 8.71. The molecule has 5 nitrogen and oxygen atoms in total. The van der Waals surface area contributed by atoms with E-state index < -0.39 is 0 Å². The Hall–Kier alpha value is -2.14. The van der Waals surface area contributed by atoms with Gasteiger partial charge in [-0.05, 0) is 50.1 Å². The van der Waals surface area contributed by atoms with Crippen LogP contribution in [0.1, 0.15) is 18.4 Å². The lowest BCUT2D eigenvalue weighted by Crippen LogP contribution is -2.53. The van der Waals surface area contributed by atoms with Gasteiger partial charge in [0.05, 0.1) is 5.52 Å².